The molecule has 2 saturated heterocycles. The molecule has 2 rings (SSSR count). The second-order valence-corrected chi connectivity index (χ2v) is 6.16. The maximum Gasteiger partial charge on any atom is 0.320 e. The van der Waals surface area contributed by atoms with E-state index in [0.717, 1.165) is 51.9 Å². The molecule has 2 aliphatic heterocycles. The third kappa shape index (κ3) is 4.59. The minimum Gasteiger partial charge on any atom is -0.481 e. The minimum absolute atomic E-state index is 0.0209. The van der Waals surface area contributed by atoms with Crippen LogP contribution >= 0.6 is 0 Å². The number of urea groups is 1. The molecule has 21 heavy (non-hydrogen) atoms. The summed E-state index contributed by atoms with van der Waals surface area (Å²) in [6, 6.07) is -0.173. The molecule has 0 aromatic heterocycles. The van der Waals surface area contributed by atoms with Crippen LogP contribution in [-0.2, 0) is 9.53 Å². The Bertz CT molecular complexity index is 369. The molecule has 1 unspecified atom stereocenters. The van der Waals surface area contributed by atoms with E-state index in [4.69, 9.17) is 9.84 Å². The molecule has 0 radical (unpaired) electrons. The average Bonchev–Trinajstić information content (AvgIpc) is 2.47. The highest BCUT2D eigenvalue weighted by Crippen LogP contribution is 2.22. The van der Waals surface area contributed by atoms with Crippen LogP contribution in [0.3, 0.4) is 0 Å². The van der Waals surface area contributed by atoms with Gasteiger partial charge in [0.15, 0.2) is 0 Å². The number of piperidine rings is 1. The third-order valence-electron chi connectivity index (χ3n) is 4.48. The molecule has 0 aliphatic carbocycles. The highest BCUT2D eigenvalue weighted by molar-refractivity contribution is 5.76. The van der Waals surface area contributed by atoms with Crippen molar-refractivity contribution in [3.63, 3.8) is 0 Å². The number of carbonyl (C=O) groups excluding carboxylic acids is 1. The fourth-order valence-corrected chi connectivity index (χ4v) is 3.28. The molecule has 120 valence electrons. The van der Waals surface area contributed by atoms with Gasteiger partial charge in [0, 0.05) is 39.4 Å². The van der Waals surface area contributed by atoms with Crippen molar-refractivity contribution in [1.82, 2.24) is 9.80 Å². The maximum atomic E-state index is 12.6. The van der Waals surface area contributed by atoms with Crippen LogP contribution in [0.25, 0.3) is 0 Å². The van der Waals surface area contributed by atoms with Crippen LogP contribution in [0.15, 0.2) is 0 Å². The number of likely N-dealkylation sites (tertiary alicyclic amines) is 1. The van der Waals surface area contributed by atoms with Gasteiger partial charge in [0.05, 0.1) is 6.42 Å². The number of carboxylic acids is 1. The van der Waals surface area contributed by atoms with Gasteiger partial charge in [-0.1, -0.05) is 0 Å². The van der Waals surface area contributed by atoms with Gasteiger partial charge < -0.3 is 19.6 Å². The molecule has 2 aliphatic rings. The van der Waals surface area contributed by atoms with Crippen molar-refractivity contribution in [2.75, 3.05) is 33.4 Å². The molecule has 2 heterocycles. The van der Waals surface area contributed by atoms with Crippen LogP contribution in [0.5, 0.6) is 0 Å². The Morgan fingerprint density at radius 1 is 1.24 bits per heavy atom. The van der Waals surface area contributed by atoms with E-state index in [1.54, 1.807) is 9.80 Å². The van der Waals surface area contributed by atoms with Gasteiger partial charge in [0.25, 0.3) is 0 Å². The van der Waals surface area contributed by atoms with E-state index >= 15 is 0 Å². The zero-order chi connectivity index (χ0) is 15.2. The Morgan fingerprint density at radius 3 is 2.62 bits per heavy atom. The number of nitrogens with zero attached hydrogens (tertiary/aromatic N) is 2. The number of ether oxygens (including phenoxy) is 1. The standard InChI is InChI=1S/C15H26N2O4/c1-16(11-12-5-8-21-9-6-12)15(20)17-7-3-2-4-13(17)10-14(18)19/h12-13H,2-11H2,1H3,(H,18,19). The van der Waals surface area contributed by atoms with Gasteiger partial charge in [-0.15, -0.1) is 0 Å². The summed E-state index contributed by atoms with van der Waals surface area (Å²) >= 11 is 0. The minimum atomic E-state index is -0.827. The zero-order valence-electron chi connectivity index (χ0n) is 12.8. The normalized spacial score (nSPS) is 23.9. The van der Waals surface area contributed by atoms with E-state index in [1.807, 2.05) is 7.05 Å². The Hall–Kier alpha value is -1.30. The average molecular weight is 298 g/mol. The van der Waals surface area contributed by atoms with Crippen molar-refractivity contribution in [3.8, 4) is 0 Å². The summed E-state index contributed by atoms with van der Waals surface area (Å²) in [5.74, 6) is -0.331. The van der Waals surface area contributed by atoms with Crippen LogP contribution in [0, 0.1) is 5.92 Å². The van der Waals surface area contributed by atoms with E-state index in [1.165, 1.54) is 0 Å². The van der Waals surface area contributed by atoms with Crippen LogP contribution in [-0.4, -0.2) is 66.3 Å². The topological polar surface area (TPSA) is 70.1 Å². The van der Waals surface area contributed by atoms with E-state index in [2.05, 4.69) is 0 Å². The van der Waals surface area contributed by atoms with Crippen molar-refractivity contribution in [2.24, 2.45) is 5.92 Å². The summed E-state index contributed by atoms with van der Waals surface area (Å²) in [4.78, 5) is 27.1. The van der Waals surface area contributed by atoms with Gasteiger partial charge in [-0.05, 0) is 38.0 Å². The van der Waals surface area contributed by atoms with Gasteiger partial charge in [0.2, 0.25) is 0 Å². The van der Waals surface area contributed by atoms with E-state index in [9.17, 15) is 9.59 Å². The molecule has 2 amide bonds. The molecule has 1 N–H and O–H groups in total. The summed E-state index contributed by atoms with van der Waals surface area (Å²) in [7, 11) is 1.82. The number of carbonyl (C=O) groups is 2. The highest BCUT2D eigenvalue weighted by atomic mass is 16.5. The molecule has 1 atom stereocenters. The Balaban J connectivity index is 1.90. The van der Waals surface area contributed by atoms with Crippen LogP contribution in [0.4, 0.5) is 4.79 Å². The predicted molar refractivity (Wildman–Crippen MR) is 78.2 cm³/mol. The second-order valence-electron chi connectivity index (χ2n) is 6.16. The molecule has 6 nitrogen and oxygen atoms in total. The van der Waals surface area contributed by atoms with Crippen molar-refractivity contribution in [3.05, 3.63) is 0 Å². The summed E-state index contributed by atoms with van der Waals surface area (Å²) in [5.41, 5.74) is 0. The number of aliphatic carboxylic acids is 1. The summed E-state index contributed by atoms with van der Waals surface area (Å²) in [6.07, 6.45) is 4.81. The smallest absolute Gasteiger partial charge is 0.320 e. The van der Waals surface area contributed by atoms with Crippen molar-refractivity contribution < 1.29 is 19.4 Å². The largest absolute Gasteiger partial charge is 0.481 e. The molecule has 6 heteroatoms. The Labute approximate surface area is 126 Å². The van der Waals surface area contributed by atoms with Crippen molar-refractivity contribution >= 4 is 12.0 Å². The predicted octanol–water partition coefficient (Wildman–Crippen LogP) is 1.79. The molecule has 0 spiro atoms. The van der Waals surface area contributed by atoms with Crippen LogP contribution in [0.2, 0.25) is 0 Å². The molecule has 0 aromatic carbocycles. The SMILES string of the molecule is CN(CC1CCOCC1)C(=O)N1CCCCC1CC(=O)O. The third-order valence-corrected chi connectivity index (χ3v) is 4.48. The van der Waals surface area contributed by atoms with Crippen molar-refractivity contribution in [2.45, 2.75) is 44.6 Å². The van der Waals surface area contributed by atoms with Crippen LogP contribution in [0.1, 0.15) is 38.5 Å². The Morgan fingerprint density at radius 2 is 1.95 bits per heavy atom. The number of amides is 2. The number of hydrogen-bond donors (Lipinski definition) is 1. The lowest BCUT2D eigenvalue weighted by molar-refractivity contribution is -0.138. The summed E-state index contributed by atoms with van der Waals surface area (Å²) < 4.78 is 5.34. The molecule has 2 fully saturated rings. The van der Waals surface area contributed by atoms with Gasteiger partial charge in [-0.25, -0.2) is 4.79 Å². The first-order valence-corrected chi connectivity index (χ1v) is 7.89. The van der Waals surface area contributed by atoms with E-state index < -0.39 is 5.97 Å². The molecule has 0 aromatic rings. The monoisotopic (exact) mass is 298 g/mol. The fraction of sp³-hybridized carbons (Fsp3) is 0.867. The second kappa shape index (κ2) is 7.64. The first-order chi connectivity index (χ1) is 10.1. The van der Waals surface area contributed by atoms with Gasteiger partial charge in [-0.3, -0.25) is 4.79 Å². The summed E-state index contributed by atoms with van der Waals surface area (Å²) in [5, 5.41) is 9.00. The number of rotatable bonds is 4. The fourth-order valence-electron chi connectivity index (χ4n) is 3.28. The summed E-state index contributed by atoms with van der Waals surface area (Å²) in [6.45, 7) is 2.96. The number of hydrogen-bond acceptors (Lipinski definition) is 3. The van der Waals surface area contributed by atoms with E-state index in [-0.39, 0.29) is 18.5 Å². The highest BCUT2D eigenvalue weighted by Gasteiger charge is 2.31. The zero-order valence-corrected chi connectivity index (χ0v) is 12.8. The quantitative estimate of drug-likeness (QED) is 0.859. The number of carboxylic acid groups (broad SMARTS) is 1. The molecular weight excluding hydrogens is 272 g/mol. The first-order valence-electron chi connectivity index (χ1n) is 7.89. The van der Waals surface area contributed by atoms with Crippen molar-refractivity contribution in [1.29, 1.82) is 0 Å². The molecular formula is C15H26N2O4. The molecule has 0 saturated carbocycles. The first kappa shape index (κ1) is 16.1. The lowest BCUT2D eigenvalue weighted by Gasteiger charge is -2.38. The molecule has 0 bridgehead atoms. The lowest BCUT2D eigenvalue weighted by Crippen LogP contribution is -2.50. The van der Waals surface area contributed by atoms with Gasteiger partial charge >= 0.3 is 12.0 Å². The lowest BCUT2D eigenvalue weighted by atomic mass is 9.98. The Kier molecular flexibility index (Phi) is 5.85. The van der Waals surface area contributed by atoms with E-state index in [0.29, 0.717) is 12.5 Å². The van der Waals surface area contributed by atoms with Gasteiger partial charge in [0.1, 0.15) is 0 Å². The van der Waals surface area contributed by atoms with Crippen LogP contribution < -0.4 is 0 Å². The van der Waals surface area contributed by atoms with Gasteiger partial charge in [-0.2, -0.15) is 0 Å². The maximum absolute atomic E-state index is 12.6.